The Morgan fingerprint density at radius 2 is 2.00 bits per heavy atom. The van der Waals surface area contributed by atoms with Gasteiger partial charge in [0.25, 0.3) is 5.91 Å². The molecule has 2 aromatic rings. The summed E-state index contributed by atoms with van der Waals surface area (Å²) in [5.74, 6) is -1.19. The summed E-state index contributed by atoms with van der Waals surface area (Å²) in [5, 5.41) is 12.7. The minimum Gasteiger partial charge on any atom is -0.465 e. The van der Waals surface area contributed by atoms with Crippen LogP contribution in [0.3, 0.4) is 0 Å². The van der Waals surface area contributed by atoms with Gasteiger partial charge >= 0.3 is 5.97 Å². The zero-order valence-electron chi connectivity index (χ0n) is 14.7. The van der Waals surface area contributed by atoms with Crippen molar-refractivity contribution in [1.29, 1.82) is 0 Å². The van der Waals surface area contributed by atoms with Crippen molar-refractivity contribution in [1.82, 2.24) is 15.5 Å². The number of nitrogens with zero attached hydrogens (tertiary/aromatic N) is 1. The Labute approximate surface area is 162 Å². The largest absolute Gasteiger partial charge is 0.465 e. The number of rotatable bonds is 4. The molecule has 0 radical (unpaired) electrons. The first-order valence-corrected chi connectivity index (χ1v) is 9.70. The van der Waals surface area contributed by atoms with E-state index in [0.29, 0.717) is 6.54 Å². The third kappa shape index (κ3) is 4.46. The van der Waals surface area contributed by atoms with E-state index in [9.17, 15) is 18.0 Å². The molecular formula is C16H19ClN4O5S. The van der Waals surface area contributed by atoms with E-state index in [2.05, 4.69) is 25.6 Å². The molecule has 1 aromatic heterocycles. The molecule has 3 N–H and O–H groups in total. The molecule has 27 heavy (non-hydrogen) atoms. The van der Waals surface area contributed by atoms with Crippen LogP contribution in [0.15, 0.2) is 23.1 Å². The summed E-state index contributed by atoms with van der Waals surface area (Å²) in [6, 6.07) is 3.85. The first kappa shape index (κ1) is 20.9. The Morgan fingerprint density at radius 3 is 2.67 bits per heavy atom. The second-order valence-electron chi connectivity index (χ2n) is 5.92. The zero-order valence-corrected chi connectivity index (χ0v) is 16.3. The van der Waals surface area contributed by atoms with Gasteiger partial charge in [-0.2, -0.15) is 5.10 Å². The Bertz CT molecular complexity index is 987. The van der Waals surface area contributed by atoms with Crippen LogP contribution in [0.5, 0.6) is 0 Å². The fraction of sp³-hybridized carbons (Fsp3) is 0.312. The minimum absolute atomic E-state index is 0. The van der Waals surface area contributed by atoms with E-state index in [1.807, 2.05) is 0 Å². The van der Waals surface area contributed by atoms with E-state index in [4.69, 9.17) is 0 Å². The predicted octanol–water partition coefficient (Wildman–Crippen LogP) is 0.920. The van der Waals surface area contributed by atoms with Crippen LogP contribution in [0.1, 0.15) is 32.1 Å². The molecule has 0 aliphatic carbocycles. The minimum atomic E-state index is -3.58. The van der Waals surface area contributed by atoms with Crippen LogP contribution in [-0.4, -0.2) is 50.4 Å². The number of halogens is 1. The number of fused-ring (bicyclic) bond motifs is 1. The number of carbonyl (C=O) groups is 2. The maximum absolute atomic E-state index is 12.6. The molecule has 0 bridgehead atoms. The highest BCUT2D eigenvalue weighted by atomic mass is 35.5. The Morgan fingerprint density at radius 1 is 1.26 bits per heavy atom. The molecule has 0 unspecified atom stereocenters. The number of hydrogen-bond donors (Lipinski definition) is 3. The van der Waals surface area contributed by atoms with Crippen molar-refractivity contribution in [2.24, 2.45) is 0 Å². The van der Waals surface area contributed by atoms with Crippen molar-refractivity contribution < 1.29 is 22.7 Å². The van der Waals surface area contributed by atoms with Crippen molar-refractivity contribution >= 4 is 39.8 Å². The van der Waals surface area contributed by atoms with Gasteiger partial charge in [0.05, 0.1) is 17.6 Å². The summed E-state index contributed by atoms with van der Waals surface area (Å²) in [4.78, 5) is 24.3. The number of sulfone groups is 1. The molecule has 1 aliphatic heterocycles. The van der Waals surface area contributed by atoms with Crippen LogP contribution in [0.2, 0.25) is 0 Å². The molecule has 3 rings (SSSR count). The molecule has 0 saturated heterocycles. The number of anilines is 1. The number of ether oxygens (including phenoxy) is 1. The van der Waals surface area contributed by atoms with Gasteiger partial charge in [-0.15, -0.1) is 12.4 Å². The van der Waals surface area contributed by atoms with Crippen LogP contribution in [-0.2, 0) is 27.5 Å². The number of carbonyl (C=O) groups excluding carboxylic acids is 2. The average molecular weight is 415 g/mol. The number of methoxy groups -OCH3 is 1. The van der Waals surface area contributed by atoms with E-state index in [-0.39, 0.29) is 34.2 Å². The number of hydrogen-bond acceptors (Lipinski definition) is 7. The van der Waals surface area contributed by atoms with E-state index in [1.165, 1.54) is 25.3 Å². The first-order valence-electron chi connectivity index (χ1n) is 7.81. The molecule has 0 saturated carbocycles. The van der Waals surface area contributed by atoms with Gasteiger partial charge in [-0.3, -0.25) is 9.89 Å². The topological polar surface area (TPSA) is 130 Å². The van der Waals surface area contributed by atoms with Gasteiger partial charge in [0.1, 0.15) is 0 Å². The molecule has 0 fully saturated rings. The van der Waals surface area contributed by atoms with E-state index < -0.39 is 21.7 Å². The highest BCUT2D eigenvalue weighted by Gasteiger charge is 2.22. The standard InChI is InChI=1S/C16H18N4O5S.ClH/c1-25-16(22)9-5-10(7-11(6-9)26(2,23)24)18-15(21)14-12-8-17-4-3-13(12)19-20-14;/h5-7,17H,3-4,8H2,1-2H3,(H,18,21)(H,19,20);1H. The van der Waals surface area contributed by atoms with E-state index >= 15 is 0 Å². The van der Waals surface area contributed by atoms with Crippen molar-refractivity contribution in [3.63, 3.8) is 0 Å². The summed E-state index contributed by atoms with van der Waals surface area (Å²) in [7, 11) is -2.39. The lowest BCUT2D eigenvalue weighted by molar-refractivity contribution is 0.0600. The number of aromatic amines is 1. The van der Waals surface area contributed by atoms with Crippen LogP contribution in [0, 0.1) is 0 Å². The predicted molar refractivity (Wildman–Crippen MR) is 100 cm³/mol. The normalized spacial score (nSPS) is 13.3. The third-order valence-electron chi connectivity index (χ3n) is 4.04. The van der Waals surface area contributed by atoms with Crippen LogP contribution in [0.25, 0.3) is 0 Å². The maximum Gasteiger partial charge on any atom is 0.337 e. The number of benzene rings is 1. The second-order valence-corrected chi connectivity index (χ2v) is 7.94. The quantitative estimate of drug-likeness (QED) is 0.634. The fourth-order valence-corrected chi connectivity index (χ4v) is 3.41. The summed E-state index contributed by atoms with van der Waals surface area (Å²) in [5.41, 5.74) is 2.10. The number of H-pyrrole nitrogens is 1. The maximum atomic E-state index is 12.6. The van der Waals surface area contributed by atoms with Crippen molar-refractivity contribution in [3.8, 4) is 0 Å². The van der Waals surface area contributed by atoms with Gasteiger partial charge < -0.3 is 15.4 Å². The summed E-state index contributed by atoms with van der Waals surface area (Å²) < 4.78 is 28.4. The van der Waals surface area contributed by atoms with Crippen molar-refractivity contribution in [3.05, 3.63) is 40.7 Å². The summed E-state index contributed by atoms with van der Waals surface area (Å²) in [6.45, 7) is 1.32. The highest BCUT2D eigenvalue weighted by molar-refractivity contribution is 7.90. The highest BCUT2D eigenvalue weighted by Crippen LogP contribution is 2.22. The monoisotopic (exact) mass is 414 g/mol. The number of aromatic nitrogens is 2. The van der Waals surface area contributed by atoms with E-state index in [1.54, 1.807) is 0 Å². The smallest absolute Gasteiger partial charge is 0.337 e. The molecule has 146 valence electrons. The Hall–Kier alpha value is -2.43. The average Bonchev–Trinajstić information content (AvgIpc) is 3.04. The fourth-order valence-electron chi connectivity index (χ4n) is 2.72. The lowest BCUT2D eigenvalue weighted by Gasteiger charge is -2.13. The van der Waals surface area contributed by atoms with Crippen LogP contribution >= 0.6 is 12.4 Å². The molecule has 1 amide bonds. The van der Waals surface area contributed by atoms with E-state index in [0.717, 1.165) is 30.5 Å². The van der Waals surface area contributed by atoms with Gasteiger partial charge in [-0.1, -0.05) is 0 Å². The Kier molecular flexibility index (Phi) is 6.24. The molecule has 0 spiro atoms. The summed E-state index contributed by atoms with van der Waals surface area (Å²) in [6.07, 6.45) is 1.76. The van der Waals surface area contributed by atoms with Gasteiger partial charge in [0, 0.05) is 42.7 Å². The van der Waals surface area contributed by atoms with Gasteiger partial charge in [-0.05, 0) is 18.2 Å². The van der Waals surface area contributed by atoms with Crippen molar-refractivity contribution in [2.75, 3.05) is 25.2 Å². The first-order chi connectivity index (χ1) is 12.3. The third-order valence-corrected chi connectivity index (χ3v) is 5.13. The number of nitrogens with one attached hydrogen (secondary N) is 3. The summed E-state index contributed by atoms with van der Waals surface area (Å²) >= 11 is 0. The molecule has 0 atom stereocenters. The van der Waals surface area contributed by atoms with Gasteiger partial charge in [0.2, 0.25) is 0 Å². The lowest BCUT2D eigenvalue weighted by Crippen LogP contribution is -2.25. The zero-order chi connectivity index (χ0) is 18.9. The van der Waals surface area contributed by atoms with Crippen molar-refractivity contribution in [2.45, 2.75) is 17.9 Å². The van der Waals surface area contributed by atoms with Crippen LogP contribution in [0.4, 0.5) is 5.69 Å². The molecule has 1 aliphatic rings. The molecule has 9 nitrogen and oxygen atoms in total. The SMILES string of the molecule is COC(=O)c1cc(NC(=O)c2n[nH]c3c2CNCC3)cc(S(C)(=O)=O)c1.Cl. The van der Waals surface area contributed by atoms with Crippen LogP contribution < -0.4 is 10.6 Å². The second kappa shape index (κ2) is 8.07. The molecule has 11 heteroatoms. The van der Waals surface area contributed by atoms with Gasteiger partial charge in [0.15, 0.2) is 15.5 Å². The molecular weight excluding hydrogens is 396 g/mol. The molecule has 2 heterocycles. The van der Waals surface area contributed by atoms with Gasteiger partial charge in [-0.25, -0.2) is 13.2 Å². The molecule has 1 aromatic carbocycles. The number of esters is 1. The Balaban J connectivity index is 0.00000261. The lowest BCUT2D eigenvalue weighted by atomic mass is 10.1. The number of amides is 1.